The van der Waals surface area contributed by atoms with Gasteiger partial charge in [-0.05, 0) is 80.6 Å². The zero-order chi connectivity index (χ0) is 30.7. The van der Waals surface area contributed by atoms with Crippen LogP contribution in [0.3, 0.4) is 0 Å². The Labute approximate surface area is 249 Å². The van der Waals surface area contributed by atoms with Crippen LogP contribution in [0.25, 0.3) is 28.4 Å². The number of aromatic nitrogens is 3. The number of carboxylic acids is 1. The van der Waals surface area contributed by atoms with E-state index in [1.165, 1.54) is 37.7 Å². The molecule has 43 heavy (non-hydrogen) atoms. The number of hydrogen-bond donors (Lipinski definition) is 3. The largest absolute Gasteiger partial charge is 0.481 e. The van der Waals surface area contributed by atoms with E-state index in [0.29, 0.717) is 17.0 Å². The van der Waals surface area contributed by atoms with Gasteiger partial charge in [0.15, 0.2) is 0 Å². The van der Waals surface area contributed by atoms with E-state index in [1.54, 1.807) is 26.1 Å². The molecule has 0 atom stereocenters. The number of carbonyl (C=O) groups is 3. The molecule has 10 nitrogen and oxygen atoms in total. The number of aliphatic carboxylic acids is 1. The Balaban J connectivity index is 1.39. The van der Waals surface area contributed by atoms with Crippen molar-refractivity contribution >= 4 is 40.6 Å². The maximum Gasteiger partial charge on any atom is 0.328 e. The minimum absolute atomic E-state index is 0.148. The van der Waals surface area contributed by atoms with Gasteiger partial charge in [0.05, 0.1) is 18.5 Å². The standard InChI is InChI=1S/C33H35N5O5/c1-33(2,32(42)36-26-16-13-21(14-17-27(39)40)31(35-26)43-4)37-30(41)22-12-15-23-25(19-22)38(3)29(24-11-7-8-18-34-24)28(23)20-9-5-6-10-20/h7-8,11-20H,5-6,9-10H2,1-4H3,(H,37,41)(H,39,40)(H,35,36,42)/b17-14+. The average molecular weight is 582 g/mol. The van der Waals surface area contributed by atoms with Gasteiger partial charge in [0.1, 0.15) is 11.4 Å². The van der Waals surface area contributed by atoms with E-state index in [-0.39, 0.29) is 17.6 Å². The zero-order valence-electron chi connectivity index (χ0n) is 24.7. The maximum atomic E-state index is 13.5. The summed E-state index contributed by atoms with van der Waals surface area (Å²) in [6.07, 6.45) is 8.79. The van der Waals surface area contributed by atoms with Gasteiger partial charge in [-0.3, -0.25) is 14.6 Å². The predicted molar refractivity (Wildman–Crippen MR) is 165 cm³/mol. The van der Waals surface area contributed by atoms with Gasteiger partial charge in [-0.1, -0.05) is 25.0 Å². The summed E-state index contributed by atoms with van der Waals surface area (Å²) in [5, 5.41) is 15.6. The van der Waals surface area contributed by atoms with Crippen LogP contribution in [0.2, 0.25) is 0 Å². The number of nitrogens with one attached hydrogen (secondary N) is 2. The number of carboxylic acid groups (broad SMARTS) is 1. The molecule has 0 aliphatic heterocycles. The molecule has 1 aromatic carbocycles. The van der Waals surface area contributed by atoms with Crippen LogP contribution in [0.4, 0.5) is 5.82 Å². The Bertz CT molecular complexity index is 1720. The highest BCUT2D eigenvalue weighted by atomic mass is 16.5. The summed E-state index contributed by atoms with van der Waals surface area (Å²) in [5.41, 5.74) is 3.79. The van der Waals surface area contributed by atoms with Gasteiger partial charge in [0.25, 0.3) is 11.8 Å². The van der Waals surface area contributed by atoms with Crippen molar-refractivity contribution in [1.29, 1.82) is 0 Å². The minimum atomic E-state index is -1.29. The number of fused-ring (bicyclic) bond motifs is 1. The highest BCUT2D eigenvalue weighted by molar-refractivity contribution is 6.05. The van der Waals surface area contributed by atoms with Crippen molar-refractivity contribution < 1.29 is 24.2 Å². The molecule has 1 aliphatic rings. The number of pyridine rings is 2. The topological polar surface area (TPSA) is 135 Å². The lowest BCUT2D eigenvalue weighted by Crippen LogP contribution is -2.52. The molecule has 0 bridgehead atoms. The Morgan fingerprint density at radius 1 is 1.09 bits per heavy atom. The molecule has 0 spiro atoms. The highest BCUT2D eigenvalue weighted by Gasteiger charge is 2.31. The van der Waals surface area contributed by atoms with E-state index < -0.39 is 17.4 Å². The first-order chi connectivity index (χ1) is 20.6. The summed E-state index contributed by atoms with van der Waals surface area (Å²) in [6, 6.07) is 14.7. The lowest BCUT2D eigenvalue weighted by atomic mass is 9.93. The van der Waals surface area contributed by atoms with Crippen LogP contribution in [0, 0.1) is 0 Å². The third-order valence-corrected chi connectivity index (χ3v) is 7.90. The smallest absolute Gasteiger partial charge is 0.328 e. The lowest BCUT2D eigenvalue weighted by Gasteiger charge is -2.25. The summed E-state index contributed by atoms with van der Waals surface area (Å²) in [5.74, 6) is -1.18. The molecule has 3 heterocycles. The second kappa shape index (κ2) is 12.1. The SMILES string of the molecule is COc1nc(NC(=O)C(C)(C)NC(=O)c2ccc3c(C4CCCC4)c(-c4ccccn4)n(C)c3c2)ccc1/C=C/C(=O)O. The predicted octanol–water partition coefficient (Wildman–Crippen LogP) is 5.55. The van der Waals surface area contributed by atoms with E-state index in [4.69, 9.17) is 9.84 Å². The third kappa shape index (κ3) is 6.13. The van der Waals surface area contributed by atoms with Crippen molar-refractivity contribution in [3.8, 4) is 17.3 Å². The molecule has 2 amide bonds. The van der Waals surface area contributed by atoms with Crippen LogP contribution in [0.15, 0.2) is 60.8 Å². The van der Waals surface area contributed by atoms with Gasteiger partial charge >= 0.3 is 5.97 Å². The molecular weight excluding hydrogens is 546 g/mol. The minimum Gasteiger partial charge on any atom is -0.481 e. The molecule has 0 saturated heterocycles. The van der Waals surface area contributed by atoms with Crippen molar-refractivity contribution in [2.24, 2.45) is 7.05 Å². The Morgan fingerprint density at radius 2 is 1.86 bits per heavy atom. The van der Waals surface area contributed by atoms with Gasteiger partial charge in [-0.25, -0.2) is 4.79 Å². The molecule has 10 heteroatoms. The summed E-state index contributed by atoms with van der Waals surface area (Å²) < 4.78 is 7.36. The summed E-state index contributed by atoms with van der Waals surface area (Å²) in [6.45, 7) is 3.22. The van der Waals surface area contributed by atoms with Crippen LogP contribution < -0.4 is 15.4 Å². The maximum absolute atomic E-state index is 13.5. The fourth-order valence-corrected chi connectivity index (χ4v) is 5.70. The van der Waals surface area contributed by atoms with Crippen LogP contribution in [0.5, 0.6) is 5.88 Å². The molecule has 0 radical (unpaired) electrons. The van der Waals surface area contributed by atoms with Crippen molar-refractivity contribution in [1.82, 2.24) is 19.9 Å². The Kier molecular flexibility index (Phi) is 8.29. The van der Waals surface area contributed by atoms with Gasteiger partial charge < -0.3 is 25.0 Å². The zero-order valence-corrected chi connectivity index (χ0v) is 24.7. The molecule has 222 valence electrons. The number of carbonyl (C=O) groups excluding carboxylic acids is 2. The lowest BCUT2D eigenvalue weighted by molar-refractivity contribution is -0.131. The molecule has 3 N–H and O–H groups in total. The Hall–Kier alpha value is -4.99. The summed E-state index contributed by atoms with van der Waals surface area (Å²) >= 11 is 0. The molecule has 1 fully saturated rings. The molecular formula is C33H35N5O5. The van der Waals surface area contributed by atoms with E-state index in [9.17, 15) is 14.4 Å². The van der Waals surface area contributed by atoms with E-state index in [2.05, 4.69) is 25.2 Å². The first-order valence-corrected chi connectivity index (χ1v) is 14.2. The van der Waals surface area contributed by atoms with Crippen LogP contribution in [-0.4, -0.2) is 50.1 Å². The first-order valence-electron chi connectivity index (χ1n) is 14.2. The summed E-state index contributed by atoms with van der Waals surface area (Å²) in [4.78, 5) is 46.4. The van der Waals surface area contributed by atoms with Crippen molar-refractivity contribution in [3.63, 3.8) is 0 Å². The number of amides is 2. The second-order valence-corrected chi connectivity index (χ2v) is 11.2. The number of anilines is 1. The number of hydrogen-bond acceptors (Lipinski definition) is 6. The molecule has 3 aromatic heterocycles. The number of rotatable bonds is 9. The molecule has 1 saturated carbocycles. The van der Waals surface area contributed by atoms with Crippen molar-refractivity contribution in [3.05, 3.63) is 77.5 Å². The van der Waals surface area contributed by atoms with E-state index >= 15 is 0 Å². The third-order valence-electron chi connectivity index (χ3n) is 7.90. The van der Waals surface area contributed by atoms with E-state index in [1.807, 2.05) is 43.4 Å². The van der Waals surface area contributed by atoms with Gasteiger partial charge in [0, 0.05) is 41.4 Å². The van der Waals surface area contributed by atoms with Gasteiger partial charge in [-0.2, -0.15) is 4.98 Å². The average Bonchev–Trinajstić information content (AvgIpc) is 3.62. The molecule has 0 unspecified atom stereocenters. The Morgan fingerprint density at radius 3 is 2.53 bits per heavy atom. The van der Waals surface area contributed by atoms with Crippen molar-refractivity contribution in [2.75, 3.05) is 12.4 Å². The molecule has 5 rings (SSSR count). The number of ether oxygens (including phenoxy) is 1. The number of benzene rings is 1. The number of aryl methyl sites for hydroxylation is 1. The monoisotopic (exact) mass is 581 g/mol. The van der Waals surface area contributed by atoms with Crippen LogP contribution >= 0.6 is 0 Å². The van der Waals surface area contributed by atoms with Crippen LogP contribution in [-0.2, 0) is 16.6 Å². The number of methoxy groups -OCH3 is 1. The van der Waals surface area contributed by atoms with Gasteiger partial charge in [0.2, 0.25) is 5.88 Å². The van der Waals surface area contributed by atoms with Crippen molar-refractivity contribution in [2.45, 2.75) is 51.0 Å². The van der Waals surface area contributed by atoms with Crippen LogP contribution in [0.1, 0.15) is 66.9 Å². The molecule has 4 aromatic rings. The fraction of sp³-hybridized carbons (Fsp3) is 0.303. The first kappa shape index (κ1) is 29.5. The second-order valence-electron chi connectivity index (χ2n) is 11.2. The van der Waals surface area contributed by atoms with E-state index in [0.717, 1.165) is 41.2 Å². The normalized spacial score (nSPS) is 13.9. The quantitative estimate of drug-likeness (QED) is 0.221. The fourth-order valence-electron chi connectivity index (χ4n) is 5.70. The summed E-state index contributed by atoms with van der Waals surface area (Å²) in [7, 11) is 3.41. The number of nitrogens with zero attached hydrogens (tertiary/aromatic N) is 3. The van der Waals surface area contributed by atoms with Gasteiger partial charge in [-0.15, -0.1) is 0 Å². The molecule has 1 aliphatic carbocycles. The highest BCUT2D eigenvalue weighted by Crippen LogP contribution is 2.44.